The number of nitrogens with zero attached hydrogens (tertiary/aromatic N) is 1. The van der Waals surface area contributed by atoms with Gasteiger partial charge in [-0.15, -0.1) is 0 Å². The third-order valence-corrected chi connectivity index (χ3v) is 7.22. The van der Waals surface area contributed by atoms with Gasteiger partial charge in [0.15, 0.2) is 5.60 Å². The first-order valence-electron chi connectivity index (χ1n) is 13.9. The normalized spacial score (nSPS) is 17.0. The molecule has 0 saturated carbocycles. The number of ether oxygens (including phenoxy) is 2. The highest BCUT2D eigenvalue weighted by Gasteiger charge is 2.59. The number of nitrogens with one attached hydrogen (secondary N) is 1. The molecule has 3 aromatic rings. The van der Waals surface area contributed by atoms with Crippen LogP contribution in [-0.4, -0.2) is 35.6 Å². The second-order valence-corrected chi connectivity index (χ2v) is 11.0. The largest absolute Gasteiger partial charge is 0.445 e. The molecule has 0 spiro atoms. The molecule has 0 unspecified atom stereocenters. The Morgan fingerprint density at radius 3 is 1.90 bits per heavy atom. The van der Waals surface area contributed by atoms with E-state index in [9.17, 15) is 14.4 Å². The van der Waals surface area contributed by atoms with Crippen LogP contribution in [0.3, 0.4) is 0 Å². The highest BCUT2D eigenvalue weighted by molar-refractivity contribution is 5.96. The fraction of sp³-hybridized carbons (Fsp3) is 0.364. The van der Waals surface area contributed by atoms with Crippen LogP contribution in [0.5, 0.6) is 0 Å². The monoisotopic (exact) mass is 542 g/mol. The lowest BCUT2D eigenvalue weighted by atomic mass is 9.75. The molecule has 1 saturated heterocycles. The van der Waals surface area contributed by atoms with Crippen molar-refractivity contribution < 1.29 is 23.9 Å². The fourth-order valence-corrected chi connectivity index (χ4v) is 5.55. The molecule has 0 radical (unpaired) electrons. The highest BCUT2D eigenvalue weighted by atomic mass is 16.6. The van der Waals surface area contributed by atoms with E-state index in [1.54, 1.807) is 0 Å². The van der Waals surface area contributed by atoms with Gasteiger partial charge in [0.2, 0.25) is 5.91 Å². The van der Waals surface area contributed by atoms with Crippen LogP contribution in [0.1, 0.15) is 50.8 Å². The molecule has 7 heteroatoms. The average Bonchev–Trinajstić information content (AvgIpc) is 3.29. The van der Waals surface area contributed by atoms with E-state index in [1.165, 1.54) is 4.90 Å². The topological polar surface area (TPSA) is 84.9 Å². The summed E-state index contributed by atoms with van der Waals surface area (Å²) in [6, 6.07) is 27.9. The molecule has 0 bridgehead atoms. The molecule has 1 N–H and O–H groups in total. The molecule has 1 heterocycles. The fourth-order valence-electron chi connectivity index (χ4n) is 5.55. The molecule has 7 nitrogen and oxygen atoms in total. The van der Waals surface area contributed by atoms with Crippen LogP contribution in [0.15, 0.2) is 91.0 Å². The Labute approximate surface area is 236 Å². The third-order valence-electron chi connectivity index (χ3n) is 7.22. The molecule has 3 amide bonds. The van der Waals surface area contributed by atoms with Crippen LogP contribution in [0.25, 0.3) is 0 Å². The van der Waals surface area contributed by atoms with Crippen molar-refractivity contribution >= 4 is 18.1 Å². The smallest absolute Gasteiger partial charge is 0.418 e. The minimum atomic E-state index is -1.17. The number of carbonyl (C=O) groups excluding carboxylic acids is 3. The Morgan fingerprint density at radius 1 is 0.875 bits per heavy atom. The summed E-state index contributed by atoms with van der Waals surface area (Å²) in [4.78, 5) is 41.6. The molecule has 0 aliphatic carbocycles. The number of hydrogen-bond acceptors (Lipinski definition) is 5. The van der Waals surface area contributed by atoms with E-state index in [-0.39, 0.29) is 30.9 Å². The lowest BCUT2D eigenvalue weighted by molar-refractivity contribution is -0.135. The van der Waals surface area contributed by atoms with Crippen LogP contribution < -0.4 is 5.32 Å². The number of benzene rings is 3. The maximum absolute atomic E-state index is 14.2. The maximum Gasteiger partial charge on any atom is 0.418 e. The zero-order valence-corrected chi connectivity index (χ0v) is 23.6. The molecule has 2 atom stereocenters. The Bertz CT molecular complexity index is 1240. The maximum atomic E-state index is 14.2. The SMILES string of the molecule is CC(C)C[C@@H](CNC(=O)OCc1ccccc1)C(=O)N1C(=O)OC(c2ccccc2)(c2ccccc2)[C@H]1C(C)C. The summed E-state index contributed by atoms with van der Waals surface area (Å²) in [6.45, 7) is 8.17. The molecule has 1 aliphatic heterocycles. The van der Waals surface area contributed by atoms with Gasteiger partial charge in [-0.2, -0.15) is 0 Å². The molecule has 210 valence electrons. The molecule has 1 fully saturated rings. The number of hydrogen-bond donors (Lipinski definition) is 1. The number of rotatable bonds is 10. The van der Waals surface area contributed by atoms with E-state index in [0.717, 1.165) is 16.7 Å². The van der Waals surface area contributed by atoms with Gasteiger partial charge in [-0.05, 0) is 23.8 Å². The minimum Gasteiger partial charge on any atom is -0.445 e. The van der Waals surface area contributed by atoms with Gasteiger partial charge in [0.1, 0.15) is 6.61 Å². The lowest BCUT2D eigenvalue weighted by Crippen LogP contribution is -2.52. The number of imide groups is 1. The second kappa shape index (κ2) is 12.8. The molecule has 0 aromatic heterocycles. The van der Waals surface area contributed by atoms with Gasteiger partial charge in [-0.25, -0.2) is 14.5 Å². The Kier molecular flexibility index (Phi) is 9.25. The molecular formula is C33H38N2O5. The first-order valence-corrected chi connectivity index (χ1v) is 13.9. The van der Waals surface area contributed by atoms with Crippen LogP contribution in [0, 0.1) is 17.8 Å². The van der Waals surface area contributed by atoms with Gasteiger partial charge in [-0.1, -0.05) is 119 Å². The number of alkyl carbamates (subject to hydrolysis) is 1. The van der Waals surface area contributed by atoms with E-state index < -0.39 is 29.7 Å². The van der Waals surface area contributed by atoms with Gasteiger partial charge in [0.25, 0.3) is 0 Å². The van der Waals surface area contributed by atoms with Crippen molar-refractivity contribution in [3.63, 3.8) is 0 Å². The summed E-state index contributed by atoms with van der Waals surface area (Å²) in [7, 11) is 0. The summed E-state index contributed by atoms with van der Waals surface area (Å²) >= 11 is 0. The van der Waals surface area contributed by atoms with Crippen LogP contribution in [0.4, 0.5) is 9.59 Å². The summed E-state index contributed by atoms with van der Waals surface area (Å²) in [6.07, 6.45) is -0.815. The summed E-state index contributed by atoms with van der Waals surface area (Å²) in [5.74, 6) is -0.977. The lowest BCUT2D eigenvalue weighted by Gasteiger charge is -2.38. The predicted octanol–water partition coefficient (Wildman–Crippen LogP) is 6.52. The van der Waals surface area contributed by atoms with Crippen molar-refractivity contribution in [2.45, 2.75) is 52.4 Å². The Hall–Kier alpha value is -4.13. The molecule has 4 rings (SSSR count). The van der Waals surface area contributed by atoms with E-state index >= 15 is 0 Å². The van der Waals surface area contributed by atoms with Crippen molar-refractivity contribution in [1.29, 1.82) is 0 Å². The highest BCUT2D eigenvalue weighted by Crippen LogP contribution is 2.47. The van der Waals surface area contributed by atoms with Gasteiger partial charge >= 0.3 is 12.2 Å². The summed E-state index contributed by atoms with van der Waals surface area (Å²) < 4.78 is 11.6. The van der Waals surface area contributed by atoms with Crippen molar-refractivity contribution in [2.24, 2.45) is 17.8 Å². The number of carbonyl (C=O) groups is 3. The van der Waals surface area contributed by atoms with E-state index in [1.807, 2.05) is 119 Å². The third kappa shape index (κ3) is 6.19. The number of amides is 3. The second-order valence-electron chi connectivity index (χ2n) is 11.0. The zero-order valence-electron chi connectivity index (χ0n) is 23.6. The Morgan fingerprint density at radius 2 is 1.40 bits per heavy atom. The van der Waals surface area contributed by atoms with E-state index in [4.69, 9.17) is 9.47 Å². The standard InChI is InChI=1S/C33H38N2O5/c1-23(2)20-26(21-34-31(37)39-22-25-14-8-5-9-15-25)30(36)35-29(24(3)4)33(40-32(35)38,27-16-10-6-11-17-27)28-18-12-7-13-19-28/h5-19,23-24,26,29H,20-22H2,1-4H3,(H,34,37)/t26-,29+/m0/s1. The molecular weight excluding hydrogens is 504 g/mol. The van der Waals surface area contributed by atoms with Gasteiger partial charge < -0.3 is 14.8 Å². The van der Waals surface area contributed by atoms with Gasteiger partial charge in [0.05, 0.1) is 12.0 Å². The summed E-state index contributed by atoms with van der Waals surface area (Å²) in [5, 5.41) is 2.74. The summed E-state index contributed by atoms with van der Waals surface area (Å²) in [5.41, 5.74) is 1.29. The van der Waals surface area contributed by atoms with Gasteiger partial charge in [-0.3, -0.25) is 4.79 Å². The van der Waals surface area contributed by atoms with Crippen molar-refractivity contribution in [3.8, 4) is 0 Å². The number of cyclic esters (lactones) is 1. The molecule has 40 heavy (non-hydrogen) atoms. The van der Waals surface area contributed by atoms with Crippen molar-refractivity contribution in [1.82, 2.24) is 10.2 Å². The minimum absolute atomic E-state index is 0.0445. The van der Waals surface area contributed by atoms with Crippen molar-refractivity contribution in [2.75, 3.05) is 6.54 Å². The van der Waals surface area contributed by atoms with Crippen LogP contribution >= 0.6 is 0 Å². The zero-order chi connectivity index (χ0) is 28.7. The van der Waals surface area contributed by atoms with E-state index in [0.29, 0.717) is 6.42 Å². The van der Waals surface area contributed by atoms with Crippen LogP contribution in [-0.2, 0) is 26.5 Å². The Balaban J connectivity index is 1.61. The van der Waals surface area contributed by atoms with Gasteiger partial charge in [0, 0.05) is 17.7 Å². The first-order chi connectivity index (χ1) is 19.2. The average molecular weight is 543 g/mol. The van der Waals surface area contributed by atoms with Crippen molar-refractivity contribution in [3.05, 3.63) is 108 Å². The van der Waals surface area contributed by atoms with Crippen LogP contribution in [0.2, 0.25) is 0 Å². The first kappa shape index (κ1) is 28.9. The van der Waals surface area contributed by atoms with E-state index in [2.05, 4.69) is 5.32 Å². The quantitative estimate of drug-likeness (QED) is 0.315. The molecule has 3 aromatic carbocycles. The molecule has 1 aliphatic rings. The predicted molar refractivity (Wildman–Crippen MR) is 153 cm³/mol.